The number of anilines is 1. The van der Waals surface area contributed by atoms with Gasteiger partial charge in [-0.05, 0) is 0 Å². The van der Waals surface area contributed by atoms with E-state index in [0.29, 0.717) is 12.4 Å². The van der Waals surface area contributed by atoms with Crippen LogP contribution < -0.4 is 5.73 Å². The molecule has 2 heterocycles. The smallest absolute Gasteiger partial charge is 0.291 e. The molecule has 2 rings (SSSR count). The number of H-pyrrole nitrogens is 2. The Hall–Kier alpha value is -2.45. The van der Waals surface area contributed by atoms with E-state index in [1.807, 2.05) is 0 Å². The zero-order chi connectivity index (χ0) is 11.5. The summed E-state index contributed by atoms with van der Waals surface area (Å²) >= 11 is 0. The molecule has 2 aromatic heterocycles. The van der Waals surface area contributed by atoms with Crippen molar-refractivity contribution in [2.24, 2.45) is 0 Å². The summed E-state index contributed by atoms with van der Waals surface area (Å²) in [6, 6.07) is 0. The second-order valence-corrected chi connectivity index (χ2v) is 3.14. The van der Waals surface area contributed by atoms with Crippen molar-refractivity contribution in [1.29, 1.82) is 0 Å². The van der Waals surface area contributed by atoms with Gasteiger partial charge in [-0.2, -0.15) is 10.1 Å². The van der Waals surface area contributed by atoms with Crippen LogP contribution in [0.5, 0.6) is 0 Å². The molecule has 0 aliphatic heterocycles. The van der Waals surface area contributed by atoms with Crippen LogP contribution in [0.15, 0.2) is 6.33 Å². The second kappa shape index (κ2) is 3.96. The fourth-order valence-corrected chi connectivity index (χ4v) is 1.15. The van der Waals surface area contributed by atoms with Crippen LogP contribution in [0.2, 0.25) is 0 Å². The average molecular weight is 222 g/mol. The summed E-state index contributed by atoms with van der Waals surface area (Å²) in [5.74, 6) is 0.403. The molecule has 0 aliphatic carbocycles. The number of carbonyl (C=O) groups excluding carboxylic acids is 1. The van der Waals surface area contributed by atoms with Crippen LogP contribution in [0.25, 0.3) is 0 Å². The minimum atomic E-state index is -0.319. The van der Waals surface area contributed by atoms with E-state index in [4.69, 9.17) is 5.73 Å². The van der Waals surface area contributed by atoms with Crippen molar-refractivity contribution in [3.05, 3.63) is 18.0 Å². The molecule has 16 heavy (non-hydrogen) atoms. The van der Waals surface area contributed by atoms with E-state index >= 15 is 0 Å². The van der Waals surface area contributed by atoms with Gasteiger partial charge in [-0.1, -0.05) is 0 Å². The highest BCUT2D eigenvalue weighted by atomic mass is 16.2. The van der Waals surface area contributed by atoms with Gasteiger partial charge in [0.2, 0.25) is 11.8 Å². The molecular formula is C7H10N8O. The molecule has 0 saturated heterocycles. The largest absolute Gasteiger partial charge is 0.366 e. The normalized spacial score (nSPS) is 10.3. The Bertz CT molecular complexity index is 474. The first kappa shape index (κ1) is 10.1. The number of amides is 1. The highest BCUT2D eigenvalue weighted by Crippen LogP contribution is 2.01. The number of nitrogens with two attached hydrogens (primary N) is 1. The van der Waals surface area contributed by atoms with Gasteiger partial charge in [0, 0.05) is 7.05 Å². The van der Waals surface area contributed by atoms with Crippen molar-refractivity contribution in [3.8, 4) is 0 Å². The van der Waals surface area contributed by atoms with E-state index in [2.05, 4.69) is 30.4 Å². The minimum absolute atomic E-state index is 0.0383. The quantitative estimate of drug-likeness (QED) is 0.596. The van der Waals surface area contributed by atoms with E-state index in [9.17, 15) is 4.79 Å². The lowest BCUT2D eigenvalue weighted by atomic mass is 10.4. The van der Waals surface area contributed by atoms with Gasteiger partial charge < -0.3 is 10.6 Å². The Morgan fingerprint density at radius 3 is 2.94 bits per heavy atom. The lowest BCUT2D eigenvalue weighted by Crippen LogP contribution is -2.27. The molecule has 0 bridgehead atoms. The average Bonchev–Trinajstić information content (AvgIpc) is 2.88. The summed E-state index contributed by atoms with van der Waals surface area (Å²) in [5, 5.41) is 12.4. The monoisotopic (exact) mass is 222 g/mol. The van der Waals surface area contributed by atoms with Crippen LogP contribution in [0.3, 0.4) is 0 Å². The SMILES string of the molecule is CN(Cc1ncn[nH]1)C(=O)c1nc(N)n[nH]1. The molecule has 9 heteroatoms. The Morgan fingerprint density at radius 2 is 2.38 bits per heavy atom. The maximum atomic E-state index is 11.8. The van der Waals surface area contributed by atoms with Crippen molar-refractivity contribution in [2.45, 2.75) is 6.54 Å². The molecule has 0 atom stereocenters. The zero-order valence-corrected chi connectivity index (χ0v) is 8.51. The maximum absolute atomic E-state index is 11.8. The molecule has 1 amide bonds. The number of nitrogens with one attached hydrogen (secondary N) is 2. The van der Waals surface area contributed by atoms with Gasteiger partial charge in [0.1, 0.15) is 12.2 Å². The minimum Gasteiger partial charge on any atom is -0.366 e. The number of hydrogen-bond donors (Lipinski definition) is 3. The predicted molar refractivity (Wildman–Crippen MR) is 53.0 cm³/mol. The van der Waals surface area contributed by atoms with Gasteiger partial charge in [-0.3, -0.25) is 15.0 Å². The van der Waals surface area contributed by atoms with E-state index in [1.54, 1.807) is 7.05 Å². The Morgan fingerprint density at radius 1 is 1.56 bits per heavy atom. The van der Waals surface area contributed by atoms with E-state index in [1.165, 1.54) is 11.2 Å². The van der Waals surface area contributed by atoms with Crippen molar-refractivity contribution >= 4 is 11.9 Å². The molecule has 0 aliphatic rings. The first-order valence-corrected chi connectivity index (χ1v) is 4.44. The number of aromatic nitrogens is 6. The third-order valence-corrected chi connectivity index (χ3v) is 1.90. The summed E-state index contributed by atoms with van der Waals surface area (Å²) in [6.07, 6.45) is 1.38. The highest BCUT2D eigenvalue weighted by molar-refractivity contribution is 5.90. The van der Waals surface area contributed by atoms with Gasteiger partial charge in [-0.25, -0.2) is 4.98 Å². The van der Waals surface area contributed by atoms with Crippen molar-refractivity contribution in [3.63, 3.8) is 0 Å². The van der Waals surface area contributed by atoms with E-state index < -0.39 is 0 Å². The van der Waals surface area contributed by atoms with Gasteiger partial charge in [0.05, 0.1) is 6.54 Å². The topological polar surface area (TPSA) is 129 Å². The van der Waals surface area contributed by atoms with Crippen LogP contribution in [-0.4, -0.2) is 48.2 Å². The van der Waals surface area contributed by atoms with Gasteiger partial charge >= 0.3 is 0 Å². The molecule has 9 nitrogen and oxygen atoms in total. The molecule has 0 saturated carbocycles. The lowest BCUT2D eigenvalue weighted by molar-refractivity contribution is 0.0770. The molecule has 0 spiro atoms. The van der Waals surface area contributed by atoms with Gasteiger partial charge in [-0.15, -0.1) is 5.10 Å². The van der Waals surface area contributed by atoms with Crippen LogP contribution in [-0.2, 0) is 6.54 Å². The molecular weight excluding hydrogens is 212 g/mol. The van der Waals surface area contributed by atoms with Crippen LogP contribution in [0.4, 0.5) is 5.95 Å². The first-order valence-electron chi connectivity index (χ1n) is 4.44. The Balaban J connectivity index is 2.05. The molecule has 0 fully saturated rings. The van der Waals surface area contributed by atoms with E-state index in [0.717, 1.165) is 0 Å². The van der Waals surface area contributed by atoms with Gasteiger partial charge in [0.25, 0.3) is 5.91 Å². The molecule has 4 N–H and O–H groups in total. The number of rotatable bonds is 3. The highest BCUT2D eigenvalue weighted by Gasteiger charge is 2.16. The Kier molecular flexibility index (Phi) is 2.50. The summed E-state index contributed by atoms with van der Waals surface area (Å²) in [5.41, 5.74) is 5.30. The van der Waals surface area contributed by atoms with Crippen LogP contribution in [0, 0.1) is 0 Å². The molecule has 0 aromatic carbocycles. The van der Waals surface area contributed by atoms with Crippen molar-refractivity contribution < 1.29 is 4.79 Å². The number of aromatic amines is 2. The first-order chi connectivity index (χ1) is 7.66. The van der Waals surface area contributed by atoms with Crippen LogP contribution in [0.1, 0.15) is 16.4 Å². The summed E-state index contributed by atoms with van der Waals surface area (Å²) < 4.78 is 0. The summed E-state index contributed by atoms with van der Waals surface area (Å²) in [4.78, 5) is 20.8. The summed E-state index contributed by atoms with van der Waals surface area (Å²) in [6.45, 7) is 0.305. The third kappa shape index (κ3) is 1.97. The fourth-order valence-electron chi connectivity index (χ4n) is 1.15. The Labute approximate surface area is 90.1 Å². The number of nitrogen functional groups attached to an aromatic ring is 1. The van der Waals surface area contributed by atoms with Crippen LogP contribution >= 0.6 is 0 Å². The fraction of sp³-hybridized carbons (Fsp3) is 0.286. The molecule has 0 unspecified atom stereocenters. The molecule has 84 valence electrons. The predicted octanol–water partition coefficient (Wildman–Crippen LogP) is -1.22. The maximum Gasteiger partial charge on any atom is 0.291 e. The second-order valence-electron chi connectivity index (χ2n) is 3.14. The van der Waals surface area contributed by atoms with Gasteiger partial charge in [0.15, 0.2) is 0 Å². The molecule has 0 radical (unpaired) electrons. The third-order valence-electron chi connectivity index (χ3n) is 1.90. The number of carbonyl (C=O) groups is 1. The number of nitrogens with zero attached hydrogens (tertiary/aromatic N) is 5. The summed E-state index contributed by atoms with van der Waals surface area (Å²) in [7, 11) is 1.61. The lowest BCUT2D eigenvalue weighted by Gasteiger charge is -2.12. The van der Waals surface area contributed by atoms with Crippen molar-refractivity contribution in [2.75, 3.05) is 12.8 Å². The van der Waals surface area contributed by atoms with Crippen molar-refractivity contribution in [1.82, 2.24) is 35.3 Å². The zero-order valence-electron chi connectivity index (χ0n) is 8.51. The standard InChI is InChI=1S/C7H10N8O/c1-15(2-4-9-3-10-12-4)6(16)5-11-7(8)14-13-5/h3H,2H2,1H3,(H,9,10,12)(H3,8,11,13,14). The van der Waals surface area contributed by atoms with E-state index in [-0.39, 0.29) is 17.7 Å². The number of hydrogen-bond acceptors (Lipinski definition) is 6. The molecule has 2 aromatic rings.